The molecule has 2 aromatic rings. The summed E-state index contributed by atoms with van der Waals surface area (Å²) < 4.78 is 13.2. The van der Waals surface area contributed by atoms with Gasteiger partial charge in [-0.1, -0.05) is 12.1 Å². The number of methoxy groups -OCH3 is 1. The zero-order valence-corrected chi connectivity index (χ0v) is 14.4. The fourth-order valence-corrected chi connectivity index (χ4v) is 3.14. The van der Waals surface area contributed by atoms with E-state index in [-0.39, 0.29) is 0 Å². The number of aromatic nitrogens is 1. The van der Waals surface area contributed by atoms with Crippen molar-refractivity contribution in [3.05, 3.63) is 53.9 Å². The minimum absolute atomic E-state index is 0.293. The predicted molar refractivity (Wildman–Crippen MR) is 95.8 cm³/mol. The van der Waals surface area contributed by atoms with Crippen LogP contribution in [0.5, 0.6) is 5.75 Å². The molecule has 122 valence electrons. The van der Waals surface area contributed by atoms with Gasteiger partial charge in [0.05, 0.1) is 13.2 Å². The SMILES string of the molecule is COc1ccc(Cn2cccc2C2=N[C@H](CCSC)CO2)cc1. The molecule has 1 aliphatic heterocycles. The highest BCUT2D eigenvalue weighted by Gasteiger charge is 2.21. The molecular formula is C18H22N2O2S. The van der Waals surface area contributed by atoms with Crippen molar-refractivity contribution >= 4 is 17.7 Å². The van der Waals surface area contributed by atoms with Crippen molar-refractivity contribution in [2.75, 3.05) is 25.7 Å². The van der Waals surface area contributed by atoms with Gasteiger partial charge in [0, 0.05) is 12.7 Å². The normalized spacial score (nSPS) is 17.0. The summed E-state index contributed by atoms with van der Waals surface area (Å²) in [6.45, 7) is 1.49. The monoisotopic (exact) mass is 330 g/mol. The number of hydrogen-bond acceptors (Lipinski definition) is 4. The molecule has 0 amide bonds. The van der Waals surface area contributed by atoms with Crippen LogP contribution in [0.1, 0.15) is 17.7 Å². The lowest BCUT2D eigenvalue weighted by Crippen LogP contribution is -2.10. The lowest BCUT2D eigenvalue weighted by Gasteiger charge is -2.09. The molecule has 0 saturated heterocycles. The van der Waals surface area contributed by atoms with E-state index in [0.29, 0.717) is 12.6 Å². The number of nitrogens with zero attached hydrogens (tertiary/aromatic N) is 2. The summed E-state index contributed by atoms with van der Waals surface area (Å²) in [7, 11) is 1.68. The highest BCUT2D eigenvalue weighted by atomic mass is 32.2. The van der Waals surface area contributed by atoms with E-state index in [1.807, 2.05) is 30.0 Å². The second kappa shape index (κ2) is 7.59. The van der Waals surface area contributed by atoms with E-state index in [1.165, 1.54) is 5.56 Å². The van der Waals surface area contributed by atoms with Crippen LogP contribution in [0.4, 0.5) is 0 Å². The number of thioether (sulfide) groups is 1. The Morgan fingerprint density at radius 1 is 1.30 bits per heavy atom. The van der Waals surface area contributed by atoms with Gasteiger partial charge in [0.1, 0.15) is 18.1 Å². The molecule has 0 aliphatic carbocycles. The van der Waals surface area contributed by atoms with Gasteiger partial charge in [-0.15, -0.1) is 0 Å². The second-order valence-corrected chi connectivity index (χ2v) is 6.54. The van der Waals surface area contributed by atoms with Gasteiger partial charge in [-0.3, -0.25) is 0 Å². The molecule has 0 unspecified atom stereocenters. The third kappa shape index (κ3) is 3.91. The molecule has 0 fully saturated rings. The molecule has 0 saturated carbocycles. The number of benzene rings is 1. The maximum atomic E-state index is 5.82. The Labute approximate surface area is 141 Å². The van der Waals surface area contributed by atoms with Crippen LogP contribution >= 0.6 is 11.8 Å². The molecule has 23 heavy (non-hydrogen) atoms. The van der Waals surface area contributed by atoms with Crippen molar-refractivity contribution in [2.45, 2.75) is 19.0 Å². The number of hydrogen-bond donors (Lipinski definition) is 0. The van der Waals surface area contributed by atoms with Gasteiger partial charge in [0.25, 0.3) is 0 Å². The van der Waals surface area contributed by atoms with E-state index in [1.54, 1.807) is 7.11 Å². The smallest absolute Gasteiger partial charge is 0.233 e. The average molecular weight is 330 g/mol. The topological polar surface area (TPSA) is 35.8 Å². The van der Waals surface area contributed by atoms with Crippen LogP contribution in [-0.4, -0.2) is 42.2 Å². The Bertz CT molecular complexity index is 664. The molecule has 1 aromatic heterocycles. The van der Waals surface area contributed by atoms with Gasteiger partial charge in [-0.2, -0.15) is 11.8 Å². The zero-order valence-electron chi connectivity index (χ0n) is 13.6. The van der Waals surface area contributed by atoms with Crippen molar-refractivity contribution in [1.82, 2.24) is 4.57 Å². The lowest BCUT2D eigenvalue weighted by molar-refractivity contribution is 0.314. The third-order valence-electron chi connectivity index (χ3n) is 3.93. The molecule has 1 aromatic carbocycles. The maximum absolute atomic E-state index is 5.82. The van der Waals surface area contributed by atoms with Crippen molar-refractivity contribution in [1.29, 1.82) is 0 Å². The molecule has 0 bridgehead atoms. The van der Waals surface area contributed by atoms with Gasteiger partial charge < -0.3 is 14.0 Å². The van der Waals surface area contributed by atoms with E-state index in [4.69, 9.17) is 14.5 Å². The summed E-state index contributed by atoms with van der Waals surface area (Å²) in [6.07, 6.45) is 5.27. The zero-order chi connectivity index (χ0) is 16.1. The molecule has 0 N–H and O–H groups in total. The van der Waals surface area contributed by atoms with Crippen LogP contribution in [-0.2, 0) is 11.3 Å². The van der Waals surface area contributed by atoms with Crippen LogP contribution in [0.15, 0.2) is 47.6 Å². The van der Waals surface area contributed by atoms with Crippen LogP contribution < -0.4 is 4.74 Å². The van der Waals surface area contributed by atoms with Gasteiger partial charge in [-0.25, -0.2) is 4.99 Å². The van der Waals surface area contributed by atoms with Crippen LogP contribution in [0.3, 0.4) is 0 Å². The molecule has 1 aliphatic rings. The standard InChI is InChI=1S/C18H22N2O2S/c1-21-16-7-5-14(6-8-16)12-20-10-3-4-17(20)18-19-15(13-22-18)9-11-23-2/h3-8,10,15H,9,11-13H2,1-2H3/t15-/m1/s1. The average Bonchev–Trinajstić information content (AvgIpc) is 3.22. The molecule has 2 heterocycles. The highest BCUT2D eigenvalue weighted by molar-refractivity contribution is 7.98. The van der Waals surface area contributed by atoms with Crippen molar-refractivity contribution < 1.29 is 9.47 Å². The first-order valence-corrected chi connectivity index (χ1v) is 9.17. The van der Waals surface area contributed by atoms with Crippen molar-refractivity contribution in [2.24, 2.45) is 4.99 Å². The summed E-state index contributed by atoms with van der Waals surface area (Å²) in [5.74, 6) is 2.77. The van der Waals surface area contributed by atoms with Gasteiger partial charge >= 0.3 is 0 Å². The molecule has 4 nitrogen and oxygen atoms in total. The van der Waals surface area contributed by atoms with E-state index >= 15 is 0 Å². The molecule has 1 atom stereocenters. The van der Waals surface area contributed by atoms with Gasteiger partial charge in [0.15, 0.2) is 0 Å². The second-order valence-electron chi connectivity index (χ2n) is 5.55. The summed E-state index contributed by atoms with van der Waals surface area (Å²) >= 11 is 1.85. The summed E-state index contributed by atoms with van der Waals surface area (Å²) in [6, 6.07) is 12.5. The van der Waals surface area contributed by atoms with Crippen LogP contribution in [0, 0.1) is 0 Å². The number of aliphatic imine (C=N–C) groups is 1. The minimum Gasteiger partial charge on any atom is -0.497 e. The van der Waals surface area contributed by atoms with Crippen molar-refractivity contribution in [3.8, 4) is 5.75 Å². The first kappa shape index (κ1) is 16.0. The number of rotatable bonds is 7. The Balaban J connectivity index is 1.72. The highest BCUT2D eigenvalue weighted by Crippen LogP contribution is 2.18. The first-order chi connectivity index (χ1) is 11.3. The fourth-order valence-electron chi connectivity index (χ4n) is 2.63. The molecule has 0 radical (unpaired) electrons. The van der Waals surface area contributed by atoms with Crippen LogP contribution in [0.25, 0.3) is 0 Å². The largest absolute Gasteiger partial charge is 0.497 e. The van der Waals surface area contributed by atoms with Crippen molar-refractivity contribution in [3.63, 3.8) is 0 Å². The van der Waals surface area contributed by atoms with Gasteiger partial charge in [0.2, 0.25) is 5.90 Å². The van der Waals surface area contributed by atoms with E-state index < -0.39 is 0 Å². The number of ether oxygens (including phenoxy) is 2. The first-order valence-electron chi connectivity index (χ1n) is 7.78. The molecule has 3 rings (SSSR count). The Morgan fingerprint density at radius 3 is 2.87 bits per heavy atom. The Kier molecular flexibility index (Phi) is 5.28. The van der Waals surface area contributed by atoms with E-state index in [9.17, 15) is 0 Å². The molecular weight excluding hydrogens is 308 g/mol. The molecule has 5 heteroatoms. The maximum Gasteiger partial charge on any atom is 0.233 e. The summed E-state index contributed by atoms with van der Waals surface area (Å²) in [5.41, 5.74) is 2.27. The van der Waals surface area contributed by atoms with E-state index in [2.05, 4.69) is 35.2 Å². The van der Waals surface area contributed by atoms with Gasteiger partial charge in [-0.05, 0) is 48.3 Å². The predicted octanol–water partition coefficient (Wildman–Crippen LogP) is 3.44. The Hall–Kier alpha value is -1.88. The van der Waals surface area contributed by atoms with Crippen LogP contribution in [0.2, 0.25) is 0 Å². The summed E-state index contributed by atoms with van der Waals surface area (Å²) in [4.78, 5) is 4.74. The Morgan fingerprint density at radius 2 is 2.13 bits per heavy atom. The lowest BCUT2D eigenvalue weighted by atomic mass is 10.2. The minimum atomic E-state index is 0.293. The third-order valence-corrected chi connectivity index (χ3v) is 4.57. The quantitative estimate of drug-likeness (QED) is 0.780. The molecule has 0 spiro atoms. The van der Waals surface area contributed by atoms with E-state index in [0.717, 1.165) is 36.1 Å². The fraction of sp³-hybridized carbons (Fsp3) is 0.389. The summed E-state index contributed by atoms with van der Waals surface area (Å²) in [5, 5.41) is 0.